The Morgan fingerprint density at radius 2 is 2.50 bits per heavy atom. The van der Waals surface area contributed by atoms with E-state index in [4.69, 9.17) is 5.73 Å². The third-order valence-electron chi connectivity index (χ3n) is 1.94. The summed E-state index contributed by atoms with van der Waals surface area (Å²) in [5, 5.41) is 0. The van der Waals surface area contributed by atoms with Gasteiger partial charge in [0.2, 0.25) is 0 Å². The van der Waals surface area contributed by atoms with Crippen LogP contribution in [0.5, 0.6) is 0 Å². The predicted molar refractivity (Wildman–Crippen MR) is 55.7 cm³/mol. The van der Waals surface area contributed by atoms with Crippen molar-refractivity contribution in [3.63, 3.8) is 0 Å². The number of hydrogen-bond acceptors (Lipinski definition) is 3. The van der Waals surface area contributed by atoms with Crippen LogP contribution in [0.2, 0.25) is 0 Å². The number of nitrogens with two attached hydrogens (primary N) is 1. The minimum absolute atomic E-state index is 0.0258. The lowest BCUT2D eigenvalue weighted by Gasteiger charge is -2.06. The number of aromatic nitrogens is 1. The Hall–Kier alpha value is -1.48. The van der Waals surface area contributed by atoms with Crippen LogP contribution in [0.15, 0.2) is 37.2 Å². The van der Waals surface area contributed by atoms with Crippen molar-refractivity contribution in [1.29, 1.82) is 0 Å². The molecular weight excluding hydrogens is 176 g/mol. The summed E-state index contributed by atoms with van der Waals surface area (Å²) >= 11 is 0. The zero-order chi connectivity index (χ0) is 10.4. The van der Waals surface area contributed by atoms with Crippen molar-refractivity contribution in [2.45, 2.75) is 18.9 Å². The van der Waals surface area contributed by atoms with Crippen LogP contribution in [-0.4, -0.2) is 16.8 Å². The molecule has 0 amide bonds. The molecule has 0 aliphatic carbocycles. The normalized spacial score (nSPS) is 12.1. The van der Waals surface area contributed by atoms with Crippen molar-refractivity contribution in [3.05, 3.63) is 42.7 Å². The van der Waals surface area contributed by atoms with Crippen LogP contribution in [-0.2, 0) is 11.2 Å². The molecule has 0 aromatic carbocycles. The van der Waals surface area contributed by atoms with Gasteiger partial charge >= 0.3 is 0 Å². The molecule has 3 heteroatoms. The monoisotopic (exact) mass is 190 g/mol. The standard InChI is InChI=1S/C11H14N2O/c1-2-4-10(12)11(14)7-9-5-3-6-13-8-9/h2-3,5-6,8,10H,1,4,7,12H2. The molecule has 0 spiro atoms. The van der Waals surface area contributed by atoms with E-state index in [2.05, 4.69) is 11.6 Å². The first-order valence-electron chi connectivity index (χ1n) is 4.52. The van der Waals surface area contributed by atoms with Gasteiger partial charge in [0.1, 0.15) is 0 Å². The maximum absolute atomic E-state index is 11.5. The molecule has 2 N–H and O–H groups in total. The van der Waals surface area contributed by atoms with Gasteiger partial charge in [-0.25, -0.2) is 0 Å². The van der Waals surface area contributed by atoms with Crippen molar-refractivity contribution in [3.8, 4) is 0 Å². The number of ketones is 1. The van der Waals surface area contributed by atoms with E-state index in [0.717, 1.165) is 5.56 Å². The Morgan fingerprint density at radius 3 is 3.07 bits per heavy atom. The summed E-state index contributed by atoms with van der Waals surface area (Å²) in [6.07, 6.45) is 5.89. The van der Waals surface area contributed by atoms with E-state index in [1.165, 1.54) is 0 Å². The molecule has 0 aliphatic heterocycles. The van der Waals surface area contributed by atoms with E-state index in [0.29, 0.717) is 12.8 Å². The van der Waals surface area contributed by atoms with Gasteiger partial charge in [0.15, 0.2) is 5.78 Å². The van der Waals surface area contributed by atoms with Crippen molar-refractivity contribution in [1.82, 2.24) is 4.98 Å². The van der Waals surface area contributed by atoms with E-state index in [-0.39, 0.29) is 5.78 Å². The third-order valence-corrected chi connectivity index (χ3v) is 1.94. The molecule has 1 aromatic rings. The molecule has 14 heavy (non-hydrogen) atoms. The smallest absolute Gasteiger partial charge is 0.154 e. The van der Waals surface area contributed by atoms with Gasteiger partial charge in [-0.3, -0.25) is 9.78 Å². The number of carbonyl (C=O) groups is 1. The Bertz CT molecular complexity index is 308. The average molecular weight is 190 g/mol. The fraction of sp³-hybridized carbons (Fsp3) is 0.273. The SMILES string of the molecule is C=CCC(N)C(=O)Cc1cccnc1. The van der Waals surface area contributed by atoms with E-state index in [9.17, 15) is 4.79 Å². The summed E-state index contributed by atoms with van der Waals surface area (Å²) in [4.78, 5) is 15.4. The highest BCUT2D eigenvalue weighted by Crippen LogP contribution is 2.01. The Kier molecular flexibility index (Phi) is 4.01. The third kappa shape index (κ3) is 3.11. The number of rotatable bonds is 5. The van der Waals surface area contributed by atoms with Gasteiger partial charge in [-0.2, -0.15) is 0 Å². The number of hydrogen-bond donors (Lipinski definition) is 1. The molecule has 1 atom stereocenters. The highest BCUT2D eigenvalue weighted by Gasteiger charge is 2.11. The predicted octanol–water partition coefficient (Wildman–Crippen LogP) is 1.10. The lowest BCUT2D eigenvalue weighted by atomic mass is 10.0. The summed E-state index contributed by atoms with van der Waals surface area (Å²) < 4.78 is 0. The van der Waals surface area contributed by atoms with Crippen LogP contribution < -0.4 is 5.73 Å². The molecule has 1 unspecified atom stereocenters. The fourth-order valence-electron chi connectivity index (χ4n) is 1.15. The molecule has 0 aliphatic rings. The van der Waals surface area contributed by atoms with Gasteiger partial charge in [0.25, 0.3) is 0 Å². The number of Topliss-reactive ketones (excluding diaryl/α,β-unsaturated/α-hetero) is 1. The second-order valence-electron chi connectivity index (χ2n) is 3.14. The molecule has 0 radical (unpaired) electrons. The van der Waals surface area contributed by atoms with Crippen LogP contribution >= 0.6 is 0 Å². The summed E-state index contributed by atoms with van der Waals surface area (Å²) in [7, 11) is 0. The second-order valence-corrected chi connectivity index (χ2v) is 3.14. The quantitative estimate of drug-likeness (QED) is 0.707. The van der Waals surface area contributed by atoms with Crippen molar-refractivity contribution in [2.75, 3.05) is 0 Å². The Morgan fingerprint density at radius 1 is 1.71 bits per heavy atom. The van der Waals surface area contributed by atoms with Crippen LogP contribution in [0.4, 0.5) is 0 Å². The van der Waals surface area contributed by atoms with Crippen LogP contribution in [0.3, 0.4) is 0 Å². The van der Waals surface area contributed by atoms with Gasteiger partial charge in [-0.1, -0.05) is 12.1 Å². The molecular formula is C11H14N2O. The van der Waals surface area contributed by atoms with E-state index in [1.807, 2.05) is 12.1 Å². The number of nitrogens with zero attached hydrogens (tertiary/aromatic N) is 1. The maximum Gasteiger partial charge on any atom is 0.154 e. The van der Waals surface area contributed by atoms with Gasteiger partial charge < -0.3 is 5.73 Å². The summed E-state index contributed by atoms with van der Waals surface area (Å²) in [5.41, 5.74) is 6.53. The molecule has 0 bridgehead atoms. The first-order valence-corrected chi connectivity index (χ1v) is 4.52. The molecule has 1 rings (SSSR count). The van der Waals surface area contributed by atoms with E-state index < -0.39 is 6.04 Å². The van der Waals surface area contributed by atoms with Crippen LogP contribution in [0.25, 0.3) is 0 Å². The van der Waals surface area contributed by atoms with E-state index >= 15 is 0 Å². The second kappa shape index (κ2) is 5.29. The fourth-order valence-corrected chi connectivity index (χ4v) is 1.15. The minimum atomic E-state index is -0.437. The minimum Gasteiger partial charge on any atom is -0.321 e. The van der Waals surface area contributed by atoms with Crippen molar-refractivity contribution >= 4 is 5.78 Å². The largest absolute Gasteiger partial charge is 0.321 e. The molecule has 1 heterocycles. The molecule has 1 aromatic heterocycles. The van der Waals surface area contributed by atoms with Crippen LogP contribution in [0, 0.1) is 0 Å². The highest BCUT2D eigenvalue weighted by molar-refractivity contribution is 5.85. The summed E-state index contributed by atoms with van der Waals surface area (Å²) in [6, 6.07) is 3.24. The van der Waals surface area contributed by atoms with Crippen LogP contribution in [0.1, 0.15) is 12.0 Å². The maximum atomic E-state index is 11.5. The van der Waals surface area contributed by atoms with Gasteiger partial charge in [0, 0.05) is 18.8 Å². The summed E-state index contributed by atoms with van der Waals surface area (Å²) in [5.74, 6) is 0.0258. The highest BCUT2D eigenvalue weighted by atomic mass is 16.1. The van der Waals surface area contributed by atoms with Gasteiger partial charge in [-0.05, 0) is 18.1 Å². The molecule has 3 nitrogen and oxygen atoms in total. The Labute approximate surface area is 83.7 Å². The van der Waals surface area contributed by atoms with Gasteiger partial charge in [0.05, 0.1) is 6.04 Å². The number of carbonyl (C=O) groups excluding carboxylic acids is 1. The summed E-state index contributed by atoms with van der Waals surface area (Å²) in [6.45, 7) is 3.55. The molecule has 0 saturated carbocycles. The first-order chi connectivity index (χ1) is 6.74. The topological polar surface area (TPSA) is 56.0 Å². The van der Waals surface area contributed by atoms with Crippen molar-refractivity contribution < 1.29 is 4.79 Å². The average Bonchev–Trinajstić information content (AvgIpc) is 2.19. The zero-order valence-corrected chi connectivity index (χ0v) is 8.02. The molecule has 74 valence electrons. The lowest BCUT2D eigenvalue weighted by Crippen LogP contribution is -2.31. The number of pyridine rings is 1. The first kappa shape index (κ1) is 10.6. The van der Waals surface area contributed by atoms with Crippen molar-refractivity contribution in [2.24, 2.45) is 5.73 Å². The molecule has 0 saturated heterocycles. The molecule has 0 fully saturated rings. The van der Waals surface area contributed by atoms with E-state index in [1.54, 1.807) is 18.5 Å². The Balaban J connectivity index is 2.53. The van der Waals surface area contributed by atoms with Gasteiger partial charge in [-0.15, -0.1) is 6.58 Å². The lowest BCUT2D eigenvalue weighted by molar-refractivity contribution is -0.119. The zero-order valence-electron chi connectivity index (χ0n) is 8.02.